The van der Waals surface area contributed by atoms with Gasteiger partial charge in [-0.25, -0.2) is 0 Å². The smallest absolute Gasteiger partial charge is 0.161 e. The van der Waals surface area contributed by atoms with Crippen molar-refractivity contribution in [3.8, 4) is 11.5 Å². The second-order valence-electron chi connectivity index (χ2n) is 5.22. The van der Waals surface area contributed by atoms with Gasteiger partial charge in [-0.1, -0.05) is 45.8 Å². The van der Waals surface area contributed by atoms with E-state index in [9.17, 15) is 0 Å². The SMILES string of the molecule is COc1cc(C)c(C(Br)Cc2cccc(C)c2)cc1OC. The van der Waals surface area contributed by atoms with Crippen LogP contribution < -0.4 is 9.47 Å². The van der Waals surface area contributed by atoms with Crippen molar-refractivity contribution in [1.29, 1.82) is 0 Å². The Morgan fingerprint density at radius 2 is 1.67 bits per heavy atom. The number of rotatable bonds is 5. The Morgan fingerprint density at radius 1 is 1.00 bits per heavy atom. The molecule has 0 aliphatic rings. The summed E-state index contributed by atoms with van der Waals surface area (Å²) in [7, 11) is 3.33. The number of hydrogen-bond donors (Lipinski definition) is 0. The highest BCUT2D eigenvalue weighted by atomic mass is 79.9. The summed E-state index contributed by atoms with van der Waals surface area (Å²) in [5, 5.41) is 0. The monoisotopic (exact) mass is 348 g/mol. The molecule has 1 unspecified atom stereocenters. The van der Waals surface area contributed by atoms with Crippen molar-refractivity contribution < 1.29 is 9.47 Å². The van der Waals surface area contributed by atoms with E-state index < -0.39 is 0 Å². The minimum absolute atomic E-state index is 0.249. The molecule has 2 aromatic rings. The van der Waals surface area contributed by atoms with Crippen LogP contribution in [0.4, 0.5) is 0 Å². The van der Waals surface area contributed by atoms with Gasteiger partial charge in [0.05, 0.1) is 14.2 Å². The number of benzene rings is 2. The molecule has 0 aliphatic carbocycles. The lowest BCUT2D eigenvalue weighted by atomic mass is 9.99. The highest BCUT2D eigenvalue weighted by Crippen LogP contribution is 2.37. The van der Waals surface area contributed by atoms with Gasteiger partial charge in [0.15, 0.2) is 11.5 Å². The van der Waals surface area contributed by atoms with E-state index in [4.69, 9.17) is 9.47 Å². The normalized spacial score (nSPS) is 12.0. The molecule has 0 saturated carbocycles. The van der Waals surface area contributed by atoms with Crippen LogP contribution in [0.25, 0.3) is 0 Å². The maximum atomic E-state index is 5.41. The van der Waals surface area contributed by atoms with Crippen LogP contribution in [0, 0.1) is 13.8 Å². The van der Waals surface area contributed by atoms with Crippen LogP contribution in [0.5, 0.6) is 11.5 Å². The van der Waals surface area contributed by atoms with Crippen molar-refractivity contribution >= 4 is 15.9 Å². The fourth-order valence-electron chi connectivity index (χ4n) is 2.49. The summed E-state index contributed by atoms with van der Waals surface area (Å²) in [6, 6.07) is 12.7. The molecule has 0 N–H and O–H groups in total. The Bertz CT molecular complexity index is 623. The van der Waals surface area contributed by atoms with Crippen LogP contribution in [0.1, 0.15) is 27.1 Å². The molecule has 112 valence electrons. The zero-order chi connectivity index (χ0) is 15.4. The maximum absolute atomic E-state index is 5.41. The van der Waals surface area contributed by atoms with E-state index in [2.05, 4.69) is 60.1 Å². The molecule has 0 radical (unpaired) electrons. The molecule has 0 fully saturated rings. The van der Waals surface area contributed by atoms with Crippen molar-refractivity contribution in [3.05, 3.63) is 58.7 Å². The minimum Gasteiger partial charge on any atom is -0.493 e. The average Bonchev–Trinajstić information content (AvgIpc) is 2.46. The third-order valence-electron chi connectivity index (χ3n) is 3.61. The number of hydrogen-bond acceptors (Lipinski definition) is 2. The molecule has 2 nitrogen and oxygen atoms in total. The van der Waals surface area contributed by atoms with Gasteiger partial charge >= 0.3 is 0 Å². The Hall–Kier alpha value is -1.48. The summed E-state index contributed by atoms with van der Waals surface area (Å²) in [5.74, 6) is 1.54. The first-order chi connectivity index (χ1) is 10.0. The van der Waals surface area contributed by atoms with E-state index in [-0.39, 0.29) is 4.83 Å². The lowest BCUT2D eigenvalue weighted by molar-refractivity contribution is 0.354. The first kappa shape index (κ1) is 15.9. The van der Waals surface area contributed by atoms with Crippen LogP contribution in [0.2, 0.25) is 0 Å². The van der Waals surface area contributed by atoms with E-state index in [1.54, 1.807) is 14.2 Å². The Morgan fingerprint density at radius 3 is 2.29 bits per heavy atom. The van der Waals surface area contributed by atoms with Gasteiger partial charge in [0.25, 0.3) is 0 Å². The summed E-state index contributed by atoms with van der Waals surface area (Å²) in [6.45, 7) is 4.22. The summed E-state index contributed by atoms with van der Waals surface area (Å²) in [4.78, 5) is 0.249. The predicted molar refractivity (Wildman–Crippen MR) is 90.8 cm³/mol. The van der Waals surface area contributed by atoms with Crippen molar-refractivity contribution in [1.82, 2.24) is 0 Å². The third kappa shape index (κ3) is 3.79. The van der Waals surface area contributed by atoms with Crippen LogP contribution >= 0.6 is 15.9 Å². The topological polar surface area (TPSA) is 18.5 Å². The molecule has 0 spiro atoms. The lowest BCUT2D eigenvalue weighted by Crippen LogP contribution is -2.01. The molecule has 2 aromatic carbocycles. The van der Waals surface area contributed by atoms with Gasteiger partial charge in [-0.2, -0.15) is 0 Å². The van der Waals surface area contributed by atoms with Gasteiger partial charge in [0.2, 0.25) is 0 Å². The van der Waals surface area contributed by atoms with Crippen molar-refractivity contribution in [2.45, 2.75) is 25.1 Å². The number of aryl methyl sites for hydroxylation is 2. The van der Waals surface area contributed by atoms with Crippen LogP contribution in [-0.2, 0) is 6.42 Å². The standard InChI is InChI=1S/C18H21BrO2/c1-12-6-5-7-14(8-12)10-16(19)15-11-18(21-4)17(20-3)9-13(15)2/h5-9,11,16H,10H2,1-4H3. The number of ether oxygens (including phenoxy) is 2. The molecule has 2 rings (SSSR count). The van der Waals surface area contributed by atoms with Crippen molar-refractivity contribution in [3.63, 3.8) is 0 Å². The fourth-order valence-corrected chi connectivity index (χ4v) is 3.36. The zero-order valence-corrected chi connectivity index (χ0v) is 14.5. The highest BCUT2D eigenvalue weighted by Gasteiger charge is 2.15. The number of halogens is 1. The maximum Gasteiger partial charge on any atom is 0.161 e. The Balaban J connectivity index is 2.28. The fraction of sp³-hybridized carbons (Fsp3) is 0.333. The molecule has 0 aromatic heterocycles. The van der Waals surface area contributed by atoms with Gasteiger partial charge in [-0.15, -0.1) is 0 Å². The van der Waals surface area contributed by atoms with E-state index in [0.29, 0.717) is 0 Å². The minimum atomic E-state index is 0.249. The highest BCUT2D eigenvalue weighted by molar-refractivity contribution is 9.09. The molecule has 0 bridgehead atoms. The lowest BCUT2D eigenvalue weighted by Gasteiger charge is -2.17. The quantitative estimate of drug-likeness (QED) is 0.708. The van der Waals surface area contributed by atoms with E-state index in [1.807, 2.05) is 6.07 Å². The second kappa shape index (κ2) is 6.99. The largest absolute Gasteiger partial charge is 0.493 e. The molecular formula is C18H21BrO2. The van der Waals surface area contributed by atoms with E-state index >= 15 is 0 Å². The summed E-state index contributed by atoms with van der Waals surface area (Å²) < 4.78 is 10.8. The van der Waals surface area contributed by atoms with Crippen LogP contribution in [0.15, 0.2) is 36.4 Å². The van der Waals surface area contributed by atoms with Gasteiger partial charge in [0.1, 0.15) is 0 Å². The van der Waals surface area contributed by atoms with E-state index in [1.165, 1.54) is 22.3 Å². The molecule has 21 heavy (non-hydrogen) atoms. The molecule has 0 saturated heterocycles. The summed E-state index contributed by atoms with van der Waals surface area (Å²) >= 11 is 3.81. The first-order valence-corrected chi connectivity index (χ1v) is 7.89. The number of alkyl halides is 1. The molecular weight excluding hydrogens is 328 g/mol. The first-order valence-electron chi connectivity index (χ1n) is 6.97. The molecule has 1 atom stereocenters. The Kier molecular flexibility index (Phi) is 5.29. The molecule has 0 amide bonds. The number of methoxy groups -OCH3 is 2. The van der Waals surface area contributed by atoms with Gasteiger partial charge < -0.3 is 9.47 Å². The average molecular weight is 349 g/mol. The van der Waals surface area contributed by atoms with Crippen LogP contribution in [-0.4, -0.2) is 14.2 Å². The van der Waals surface area contributed by atoms with Crippen molar-refractivity contribution in [2.24, 2.45) is 0 Å². The molecule has 0 heterocycles. The van der Waals surface area contributed by atoms with Crippen LogP contribution in [0.3, 0.4) is 0 Å². The zero-order valence-electron chi connectivity index (χ0n) is 12.9. The van der Waals surface area contributed by atoms with Gasteiger partial charge in [0, 0.05) is 4.83 Å². The van der Waals surface area contributed by atoms with Crippen molar-refractivity contribution in [2.75, 3.05) is 14.2 Å². The van der Waals surface area contributed by atoms with Gasteiger partial charge in [-0.3, -0.25) is 0 Å². The third-order valence-corrected chi connectivity index (χ3v) is 4.42. The molecule has 0 aliphatic heterocycles. The van der Waals surface area contributed by atoms with Gasteiger partial charge in [-0.05, 0) is 49.1 Å². The predicted octanol–water partition coefficient (Wildman–Crippen LogP) is 5.00. The Labute approximate surface area is 135 Å². The summed E-state index contributed by atoms with van der Waals surface area (Å²) in [5.41, 5.74) is 5.04. The summed E-state index contributed by atoms with van der Waals surface area (Å²) in [6.07, 6.45) is 0.942. The molecule has 3 heteroatoms. The van der Waals surface area contributed by atoms with E-state index in [0.717, 1.165) is 17.9 Å². The second-order valence-corrected chi connectivity index (χ2v) is 6.33.